The quantitative estimate of drug-likeness (QED) is 0.713. The van der Waals surface area contributed by atoms with Gasteiger partial charge in [0.2, 0.25) is 0 Å². The highest BCUT2D eigenvalue weighted by atomic mass is 16.4. The molecule has 0 radical (unpaired) electrons. The fourth-order valence-electron chi connectivity index (χ4n) is 2.44. The van der Waals surface area contributed by atoms with Crippen molar-refractivity contribution >= 4 is 12.0 Å². The predicted molar refractivity (Wildman–Crippen MR) is 75.5 cm³/mol. The van der Waals surface area contributed by atoms with Crippen molar-refractivity contribution < 1.29 is 19.8 Å². The molecule has 0 saturated heterocycles. The molecule has 1 saturated carbocycles. The Kier molecular flexibility index (Phi) is 5.80. The summed E-state index contributed by atoms with van der Waals surface area (Å²) in [4.78, 5) is 24.8. The maximum atomic E-state index is 12.1. The van der Waals surface area contributed by atoms with Crippen LogP contribution in [0.1, 0.15) is 46.0 Å². The van der Waals surface area contributed by atoms with Gasteiger partial charge >= 0.3 is 12.0 Å². The number of amides is 2. The summed E-state index contributed by atoms with van der Waals surface area (Å²) >= 11 is 0. The Morgan fingerprint density at radius 2 is 1.95 bits per heavy atom. The molecule has 0 heterocycles. The zero-order chi connectivity index (χ0) is 15.3. The molecule has 0 aromatic rings. The number of aliphatic hydroxyl groups is 1. The molecule has 3 N–H and O–H groups in total. The molecule has 20 heavy (non-hydrogen) atoms. The van der Waals surface area contributed by atoms with Crippen molar-refractivity contribution in [1.29, 1.82) is 0 Å². The third-order valence-corrected chi connectivity index (χ3v) is 4.44. The number of nitrogens with zero attached hydrogens (tertiary/aromatic N) is 1. The van der Waals surface area contributed by atoms with Crippen molar-refractivity contribution in [2.24, 2.45) is 5.41 Å². The van der Waals surface area contributed by atoms with E-state index in [0.717, 1.165) is 19.3 Å². The molecule has 1 aliphatic carbocycles. The van der Waals surface area contributed by atoms with Crippen LogP contribution in [0.15, 0.2) is 0 Å². The first kappa shape index (κ1) is 16.8. The van der Waals surface area contributed by atoms with Gasteiger partial charge in [-0.1, -0.05) is 19.8 Å². The highest BCUT2D eigenvalue weighted by Crippen LogP contribution is 2.23. The first-order valence-corrected chi connectivity index (χ1v) is 7.24. The summed E-state index contributed by atoms with van der Waals surface area (Å²) in [5, 5.41) is 21.8. The van der Waals surface area contributed by atoms with Crippen LogP contribution < -0.4 is 5.32 Å². The minimum atomic E-state index is -0.957. The van der Waals surface area contributed by atoms with E-state index < -0.39 is 17.5 Å². The molecule has 6 heteroatoms. The number of rotatable bonds is 5. The zero-order valence-electron chi connectivity index (χ0n) is 12.6. The minimum absolute atomic E-state index is 0.0881. The Morgan fingerprint density at radius 1 is 1.35 bits per heavy atom. The second kappa shape index (κ2) is 6.92. The number of aliphatic hydroxyl groups excluding tert-OH is 1. The van der Waals surface area contributed by atoms with E-state index in [4.69, 9.17) is 5.11 Å². The third-order valence-electron chi connectivity index (χ3n) is 4.44. The monoisotopic (exact) mass is 286 g/mol. The second-order valence-corrected chi connectivity index (χ2v) is 5.91. The number of nitrogens with one attached hydrogen (secondary N) is 1. The van der Waals surface area contributed by atoms with E-state index in [2.05, 4.69) is 5.32 Å². The largest absolute Gasteiger partial charge is 0.481 e. The van der Waals surface area contributed by atoms with Gasteiger partial charge in [-0.25, -0.2) is 4.79 Å². The summed E-state index contributed by atoms with van der Waals surface area (Å²) < 4.78 is 0. The molecule has 0 aromatic carbocycles. The molecule has 0 aromatic heterocycles. The molecule has 0 aliphatic heterocycles. The lowest BCUT2D eigenvalue weighted by molar-refractivity contribution is -0.147. The molecule has 1 aliphatic rings. The molecular weight excluding hydrogens is 260 g/mol. The van der Waals surface area contributed by atoms with Crippen molar-refractivity contribution in [3.63, 3.8) is 0 Å². The van der Waals surface area contributed by atoms with Crippen LogP contribution in [0.25, 0.3) is 0 Å². The zero-order valence-corrected chi connectivity index (χ0v) is 12.6. The highest BCUT2D eigenvalue weighted by molar-refractivity contribution is 5.78. The number of carboxylic acid groups (broad SMARTS) is 1. The number of likely N-dealkylation sites (N-methyl/N-ethyl adjacent to an activating group) is 1. The Labute approximate surface area is 120 Å². The molecule has 1 rings (SSSR count). The molecule has 3 unspecified atom stereocenters. The number of carbonyl (C=O) groups is 2. The Balaban J connectivity index is 2.55. The average Bonchev–Trinajstić information content (AvgIpc) is 2.43. The van der Waals surface area contributed by atoms with Crippen molar-refractivity contribution in [3.05, 3.63) is 0 Å². The van der Waals surface area contributed by atoms with Gasteiger partial charge in [0.1, 0.15) is 0 Å². The predicted octanol–water partition coefficient (Wildman–Crippen LogP) is 1.43. The summed E-state index contributed by atoms with van der Waals surface area (Å²) in [6.07, 6.45) is 3.44. The number of hydrogen-bond acceptors (Lipinski definition) is 3. The Hall–Kier alpha value is -1.30. The molecule has 116 valence electrons. The third kappa shape index (κ3) is 3.85. The average molecular weight is 286 g/mol. The molecule has 2 amide bonds. The lowest BCUT2D eigenvalue weighted by atomic mass is 9.88. The van der Waals surface area contributed by atoms with Crippen molar-refractivity contribution in [2.45, 2.75) is 58.1 Å². The summed E-state index contributed by atoms with van der Waals surface area (Å²) in [6, 6.07) is -0.502. The van der Waals surface area contributed by atoms with Crippen molar-refractivity contribution in [3.8, 4) is 0 Å². The molecular formula is C14H26N2O4. The van der Waals surface area contributed by atoms with Gasteiger partial charge in [0.25, 0.3) is 0 Å². The summed E-state index contributed by atoms with van der Waals surface area (Å²) in [7, 11) is 1.65. The van der Waals surface area contributed by atoms with Crippen molar-refractivity contribution in [2.75, 3.05) is 13.6 Å². The highest BCUT2D eigenvalue weighted by Gasteiger charge is 2.33. The van der Waals surface area contributed by atoms with Crippen LogP contribution in [-0.2, 0) is 4.79 Å². The standard InChI is InChI=1S/C14H26N2O4/c1-4-14(2,12(18)19)9-15-13(20)16(3)10-7-5-6-8-11(10)17/h10-11,17H,4-9H2,1-3H3,(H,15,20)(H,18,19). The molecule has 0 bridgehead atoms. The molecule has 0 spiro atoms. The Bertz CT molecular complexity index is 361. The lowest BCUT2D eigenvalue weighted by Gasteiger charge is -2.35. The van der Waals surface area contributed by atoms with Gasteiger partial charge in [-0.3, -0.25) is 4.79 Å². The van der Waals surface area contributed by atoms with Gasteiger partial charge in [-0.05, 0) is 26.2 Å². The molecule has 1 fully saturated rings. The van der Waals surface area contributed by atoms with E-state index in [9.17, 15) is 14.7 Å². The van der Waals surface area contributed by atoms with E-state index in [1.54, 1.807) is 20.9 Å². The maximum Gasteiger partial charge on any atom is 0.317 e. The van der Waals surface area contributed by atoms with Crippen LogP contribution in [0.5, 0.6) is 0 Å². The van der Waals surface area contributed by atoms with Gasteiger partial charge in [0, 0.05) is 13.6 Å². The molecule has 3 atom stereocenters. The number of carboxylic acids is 1. The maximum absolute atomic E-state index is 12.1. The van der Waals surface area contributed by atoms with E-state index in [1.165, 1.54) is 4.90 Å². The van der Waals surface area contributed by atoms with E-state index in [1.807, 2.05) is 0 Å². The van der Waals surface area contributed by atoms with Crippen LogP contribution in [0.4, 0.5) is 4.79 Å². The Morgan fingerprint density at radius 3 is 2.45 bits per heavy atom. The SMILES string of the molecule is CCC(C)(CNC(=O)N(C)C1CCCCC1O)C(=O)O. The number of hydrogen-bond donors (Lipinski definition) is 3. The lowest BCUT2D eigenvalue weighted by Crippen LogP contribution is -2.52. The van der Waals surface area contributed by atoms with Crippen LogP contribution in [0, 0.1) is 5.41 Å². The topological polar surface area (TPSA) is 89.9 Å². The first-order valence-electron chi connectivity index (χ1n) is 7.24. The first-order chi connectivity index (χ1) is 9.31. The van der Waals surface area contributed by atoms with Gasteiger partial charge in [0.15, 0.2) is 0 Å². The van der Waals surface area contributed by atoms with Crippen molar-refractivity contribution in [1.82, 2.24) is 10.2 Å². The van der Waals surface area contributed by atoms with Gasteiger partial charge in [-0.15, -0.1) is 0 Å². The smallest absolute Gasteiger partial charge is 0.317 e. The van der Waals surface area contributed by atoms with E-state index >= 15 is 0 Å². The van der Waals surface area contributed by atoms with Crippen LogP contribution in [-0.4, -0.2) is 52.9 Å². The summed E-state index contributed by atoms with van der Waals surface area (Å²) in [6.45, 7) is 3.49. The van der Waals surface area contributed by atoms with E-state index in [-0.39, 0.29) is 18.6 Å². The fraction of sp³-hybridized carbons (Fsp3) is 0.857. The summed E-state index contributed by atoms with van der Waals surface area (Å²) in [5.74, 6) is -0.916. The number of aliphatic carboxylic acids is 1. The van der Waals surface area contributed by atoms with Crippen LogP contribution >= 0.6 is 0 Å². The fourth-order valence-corrected chi connectivity index (χ4v) is 2.44. The number of urea groups is 1. The summed E-state index contributed by atoms with van der Waals surface area (Å²) in [5.41, 5.74) is -0.957. The van der Waals surface area contributed by atoms with Crippen LogP contribution in [0.3, 0.4) is 0 Å². The second-order valence-electron chi connectivity index (χ2n) is 5.91. The van der Waals surface area contributed by atoms with Gasteiger partial charge < -0.3 is 20.4 Å². The molecule has 6 nitrogen and oxygen atoms in total. The van der Waals surface area contributed by atoms with Crippen LogP contribution in [0.2, 0.25) is 0 Å². The minimum Gasteiger partial charge on any atom is -0.481 e. The number of carbonyl (C=O) groups excluding carboxylic acids is 1. The van der Waals surface area contributed by atoms with Gasteiger partial charge in [-0.2, -0.15) is 0 Å². The normalized spacial score (nSPS) is 25.6. The van der Waals surface area contributed by atoms with Gasteiger partial charge in [0.05, 0.1) is 17.6 Å². The van der Waals surface area contributed by atoms with E-state index in [0.29, 0.717) is 12.8 Å².